The fraction of sp³-hybridized carbons (Fsp3) is 0.273. The standard InChI is InChI=1S/C11H12ClN3O2/c1-8-6-14-15(7-8)4-3-13-11(16)9-2-5-17-10(9)12/h2,5-7H,3-4H2,1H3,(H,13,16). The molecule has 0 atom stereocenters. The van der Waals surface area contributed by atoms with Crippen LogP contribution in [0.25, 0.3) is 0 Å². The van der Waals surface area contributed by atoms with Gasteiger partial charge >= 0.3 is 0 Å². The Labute approximate surface area is 103 Å². The summed E-state index contributed by atoms with van der Waals surface area (Å²) in [5, 5.41) is 6.96. The quantitative estimate of drug-likeness (QED) is 0.905. The zero-order valence-electron chi connectivity index (χ0n) is 9.31. The first-order valence-electron chi connectivity index (χ1n) is 5.17. The van der Waals surface area contributed by atoms with E-state index in [0.717, 1.165) is 5.56 Å². The Kier molecular flexibility index (Phi) is 3.49. The van der Waals surface area contributed by atoms with Gasteiger partial charge in [0.15, 0.2) is 0 Å². The van der Waals surface area contributed by atoms with Crippen LogP contribution in [0.3, 0.4) is 0 Å². The molecule has 2 aromatic heterocycles. The van der Waals surface area contributed by atoms with Crippen molar-refractivity contribution < 1.29 is 9.21 Å². The molecule has 0 fully saturated rings. The van der Waals surface area contributed by atoms with Gasteiger partial charge in [0.1, 0.15) is 0 Å². The Balaban J connectivity index is 1.83. The van der Waals surface area contributed by atoms with Crippen molar-refractivity contribution in [3.8, 4) is 0 Å². The van der Waals surface area contributed by atoms with Crippen molar-refractivity contribution >= 4 is 17.5 Å². The Hall–Kier alpha value is -1.75. The monoisotopic (exact) mass is 253 g/mol. The molecule has 0 aliphatic heterocycles. The highest BCUT2D eigenvalue weighted by Crippen LogP contribution is 2.15. The second kappa shape index (κ2) is 5.05. The Morgan fingerprint density at radius 2 is 2.47 bits per heavy atom. The molecular formula is C11H12ClN3O2. The molecule has 5 nitrogen and oxygen atoms in total. The number of hydrogen-bond acceptors (Lipinski definition) is 3. The third-order valence-corrected chi connectivity index (χ3v) is 2.54. The van der Waals surface area contributed by atoms with Crippen molar-refractivity contribution in [3.63, 3.8) is 0 Å². The summed E-state index contributed by atoms with van der Waals surface area (Å²) in [5.41, 5.74) is 1.44. The lowest BCUT2D eigenvalue weighted by Crippen LogP contribution is -2.27. The zero-order valence-corrected chi connectivity index (χ0v) is 10.1. The number of aryl methyl sites for hydroxylation is 1. The normalized spacial score (nSPS) is 10.5. The number of nitrogens with zero attached hydrogens (tertiary/aromatic N) is 2. The number of carbonyl (C=O) groups is 1. The number of aromatic nitrogens is 2. The number of hydrogen-bond donors (Lipinski definition) is 1. The van der Waals surface area contributed by atoms with Gasteiger partial charge in [0.25, 0.3) is 5.91 Å². The topological polar surface area (TPSA) is 60.1 Å². The molecule has 17 heavy (non-hydrogen) atoms. The van der Waals surface area contributed by atoms with Crippen molar-refractivity contribution in [2.45, 2.75) is 13.5 Å². The summed E-state index contributed by atoms with van der Waals surface area (Å²) < 4.78 is 6.61. The minimum Gasteiger partial charge on any atom is -0.452 e. The molecule has 0 spiro atoms. The van der Waals surface area contributed by atoms with Crippen LogP contribution in [0.4, 0.5) is 0 Å². The van der Waals surface area contributed by atoms with E-state index in [2.05, 4.69) is 10.4 Å². The minimum absolute atomic E-state index is 0.109. The van der Waals surface area contributed by atoms with E-state index in [0.29, 0.717) is 18.7 Å². The van der Waals surface area contributed by atoms with Gasteiger partial charge in [0, 0.05) is 12.7 Å². The molecule has 90 valence electrons. The van der Waals surface area contributed by atoms with Crippen LogP contribution in [0.2, 0.25) is 5.22 Å². The minimum atomic E-state index is -0.243. The maximum absolute atomic E-state index is 11.6. The fourth-order valence-electron chi connectivity index (χ4n) is 1.42. The van der Waals surface area contributed by atoms with Gasteiger partial charge in [-0.2, -0.15) is 5.10 Å². The molecule has 0 aromatic carbocycles. The summed E-state index contributed by atoms with van der Waals surface area (Å²) in [5.74, 6) is -0.243. The fourth-order valence-corrected chi connectivity index (χ4v) is 1.62. The predicted molar refractivity (Wildman–Crippen MR) is 63.0 cm³/mol. The SMILES string of the molecule is Cc1cnn(CCNC(=O)c2ccoc2Cl)c1. The first-order valence-corrected chi connectivity index (χ1v) is 5.55. The predicted octanol–water partition coefficient (Wildman–Crippen LogP) is 1.87. The highest BCUT2D eigenvalue weighted by atomic mass is 35.5. The molecule has 0 aliphatic rings. The van der Waals surface area contributed by atoms with Crippen LogP contribution in [0, 0.1) is 6.92 Å². The van der Waals surface area contributed by atoms with Crippen LogP contribution in [0.1, 0.15) is 15.9 Å². The van der Waals surface area contributed by atoms with E-state index in [4.69, 9.17) is 16.0 Å². The highest BCUT2D eigenvalue weighted by Gasteiger charge is 2.11. The summed E-state index contributed by atoms with van der Waals surface area (Å²) >= 11 is 5.69. The Bertz CT molecular complexity index is 518. The van der Waals surface area contributed by atoms with Crippen molar-refractivity contribution in [1.29, 1.82) is 0 Å². The van der Waals surface area contributed by atoms with Gasteiger partial charge in [0.05, 0.1) is 24.6 Å². The Morgan fingerprint density at radius 3 is 3.06 bits per heavy atom. The van der Waals surface area contributed by atoms with Crippen LogP contribution in [0.15, 0.2) is 29.1 Å². The second-order valence-corrected chi connectivity index (χ2v) is 3.99. The number of carbonyl (C=O) groups excluding carboxylic acids is 1. The lowest BCUT2D eigenvalue weighted by atomic mass is 10.3. The van der Waals surface area contributed by atoms with Gasteiger partial charge in [-0.05, 0) is 30.2 Å². The van der Waals surface area contributed by atoms with Crippen molar-refractivity contribution in [2.75, 3.05) is 6.54 Å². The van der Waals surface area contributed by atoms with E-state index < -0.39 is 0 Å². The first-order chi connectivity index (χ1) is 8.16. The molecule has 0 saturated carbocycles. The van der Waals surface area contributed by atoms with E-state index in [1.807, 2.05) is 13.1 Å². The van der Waals surface area contributed by atoms with Gasteiger partial charge in [-0.25, -0.2) is 0 Å². The number of furan rings is 1. The van der Waals surface area contributed by atoms with Crippen molar-refractivity contribution in [3.05, 3.63) is 41.1 Å². The number of nitrogens with one attached hydrogen (secondary N) is 1. The molecule has 0 saturated heterocycles. The summed E-state index contributed by atoms with van der Waals surface area (Å²) in [6.45, 7) is 3.07. The molecule has 2 heterocycles. The molecule has 0 unspecified atom stereocenters. The van der Waals surface area contributed by atoms with Crippen LogP contribution in [0.5, 0.6) is 0 Å². The lowest BCUT2D eigenvalue weighted by Gasteiger charge is -2.03. The van der Waals surface area contributed by atoms with Gasteiger partial charge in [-0.15, -0.1) is 0 Å². The maximum atomic E-state index is 11.6. The molecule has 0 bridgehead atoms. The average Bonchev–Trinajstić information content (AvgIpc) is 2.87. The molecule has 0 aliphatic carbocycles. The smallest absolute Gasteiger partial charge is 0.256 e. The summed E-state index contributed by atoms with van der Waals surface area (Å²) in [6, 6.07) is 1.54. The molecular weight excluding hydrogens is 242 g/mol. The van der Waals surface area contributed by atoms with Gasteiger partial charge < -0.3 is 9.73 Å². The Morgan fingerprint density at radius 1 is 1.65 bits per heavy atom. The van der Waals surface area contributed by atoms with Crippen LogP contribution in [-0.2, 0) is 6.54 Å². The molecule has 1 N–H and O–H groups in total. The molecule has 2 aromatic rings. The molecule has 2 rings (SSSR count). The first kappa shape index (κ1) is 11.7. The number of amides is 1. The van der Waals surface area contributed by atoms with Gasteiger partial charge in [0.2, 0.25) is 5.22 Å². The average molecular weight is 254 g/mol. The number of halogens is 1. The van der Waals surface area contributed by atoms with E-state index in [-0.39, 0.29) is 11.1 Å². The second-order valence-electron chi connectivity index (χ2n) is 3.64. The largest absolute Gasteiger partial charge is 0.452 e. The van der Waals surface area contributed by atoms with Crippen LogP contribution in [-0.4, -0.2) is 22.2 Å². The van der Waals surface area contributed by atoms with E-state index in [1.54, 1.807) is 10.9 Å². The molecule has 1 amide bonds. The van der Waals surface area contributed by atoms with Gasteiger partial charge in [-0.1, -0.05) is 0 Å². The van der Waals surface area contributed by atoms with Gasteiger partial charge in [-0.3, -0.25) is 9.48 Å². The van der Waals surface area contributed by atoms with Crippen LogP contribution < -0.4 is 5.32 Å². The third kappa shape index (κ3) is 2.88. The molecule has 6 heteroatoms. The van der Waals surface area contributed by atoms with E-state index >= 15 is 0 Å². The summed E-state index contributed by atoms with van der Waals surface area (Å²) in [6.07, 6.45) is 5.07. The summed E-state index contributed by atoms with van der Waals surface area (Å²) in [4.78, 5) is 11.6. The number of rotatable bonds is 4. The van der Waals surface area contributed by atoms with Crippen molar-refractivity contribution in [1.82, 2.24) is 15.1 Å². The third-order valence-electron chi connectivity index (χ3n) is 2.25. The van der Waals surface area contributed by atoms with Crippen LogP contribution >= 0.6 is 11.6 Å². The van der Waals surface area contributed by atoms with E-state index in [9.17, 15) is 4.79 Å². The highest BCUT2D eigenvalue weighted by molar-refractivity contribution is 6.32. The molecule has 0 radical (unpaired) electrons. The van der Waals surface area contributed by atoms with Crippen molar-refractivity contribution in [2.24, 2.45) is 0 Å². The summed E-state index contributed by atoms with van der Waals surface area (Å²) in [7, 11) is 0. The maximum Gasteiger partial charge on any atom is 0.256 e. The zero-order chi connectivity index (χ0) is 12.3. The van der Waals surface area contributed by atoms with E-state index in [1.165, 1.54) is 12.3 Å². The lowest BCUT2D eigenvalue weighted by molar-refractivity contribution is 0.0951.